The molecule has 0 aliphatic rings. The van der Waals surface area contributed by atoms with Crippen LogP contribution in [0.2, 0.25) is 0 Å². The molecule has 2 N–H and O–H groups in total. The maximum absolute atomic E-state index is 6.17. The van der Waals surface area contributed by atoms with E-state index in [0.29, 0.717) is 6.61 Å². The van der Waals surface area contributed by atoms with Gasteiger partial charge in [-0.15, -0.1) is 0 Å². The fourth-order valence-electron chi connectivity index (χ4n) is 2.37. The van der Waals surface area contributed by atoms with Crippen LogP contribution in [-0.4, -0.2) is 12.6 Å². The number of benzene rings is 1. The summed E-state index contributed by atoms with van der Waals surface area (Å²) in [5.41, 5.74) is 7.51. The molecule has 114 valence electrons. The Kier molecular flexibility index (Phi) is 6.03. The summed E-state index contributed by atoms with van der Waals surface area (Å²) in [6.07, 6.45) is 2.71. The van der Waals surface area contributed by atoms with Crippen LogP contribution in [-0.2, 0) is 11.2 Å². The predicted molar refractivity (Wildman–Crippen MR) is 85.2 cm³/mol. The molecule has 0 spiro atoms. The molecule has 2 aromatic rings. The number of nitrogens with two attached hydrogens (primary N) is 1. The van der Waals surface area contributed by atoms with E-state index in [4.69, 9.17) is 14.9 Å². The first kappa shape index (κ1) is 15.8. The molecule has 0 saturated carbocycles. The van der Waals surface area contributed by atoms with Crippen molar-refractivity contribution < 1.29 is 9.15 Å². The molecular formula is C18H25NO2. The van der Waals surface area contributed by atoms with Crippen molar-refractivity contribution in [3.63, 3.8) is 0 Å². The van der Waals surface area contributed by atoms with Gasteiger partial charge in [0.25, 0.3) is 0 Å². The van der Waals surface area contributed by atoms with Crippen molar-refractivity contribution in [1.82, 2.24) is 0 Å². The van der Waals surface area contributed by atoms with Crippen LogP contribution in [0, 0.1) is 6.92 Å². The number of rotatable bonds is 8. The first-order valence-corrected chi connectivity index (χ1v) is 7.68. The zero-order chi connectivity index (χ0) is 15.1. The SMILES string of the molecule is CCC(N)C(OCCCc1ccccc1)c1ccc(C)o1. The summed E-state index contributed by atoms with van der Waals surface area (Å²) in [5.74, 6) is 1.73. The van der Waals surface area contributed by atoms with Crippen molar-refractivity contribution in [3.8, 4) is 0 Å². The Bertz CT molecular complexity index is 521. The second kappa shape index (κ2) is 8.01. The van der Waals surface area contributed by atoms with Gasteiger partial charge in [0, 0.05) is 12.6 Å². The Morgan fingerprint density at radius 1 is 1.14 bits per heavy atom. The van der Waals surface area contributed by atoms with Crippen LogP contribution in [0.3, 0.4) is 0 Å². The highest BCUT2D eigenvalue weighted by molar-refractivity contribution is 5.14. The summed E-state index contributed by atoms with van der Waals surface area (Å²) in [6.45, 7) is 4.70. The quantitative estimate of drug-likeness (QED) is 0.746. The maximum Gasteiger partial charge on any atom is 0.134 e. The number of hydrogen-bond acceptors (Lipinski definition) is 3. The fraction of sp³-hybridized carbons (Fsp3) is 0.444. The van der Waals surface area contributed by atoms with Gasteiger partial charge in [-0.3, -0.25) is 0 Å². The van der Waals surface area contributed by atoms with Gasteiger partial charge >= 0.3 is 0 Å². The van der Waals surface area contributed by atoms with Crippen molar-refractivity contribution in [2.24, 2.45) is 5.73 Å². The second-order valence-corrected chi connectivity index (χ2v) is 5.40. The number of aryl methyl sites for hydroxylation is 2. The van der Waals surface area contributed by atoms with Gasteiger partial charge in [-0.05, 0) is 43.9 Å². The lowest BCUT2D eigenvalue weighted by molar-refractivity contribution is 0.0175. The Morgan fingerprint density at radius 2 is 1.90 bits per heavy atom. The highest BCUT2D eigenvalue weighted by Crippen LogP contribution is 2.24. The lowest BCUT2D eigenvalue weighted by Gasteiger charge is -2.21. The second-order valence-electron chi connectivity index (χ2n) is 5.40. The van der Waals surface area contributed by atoms with E-state index in [-0.39, 0.29) is 12.1 Å². The smallest absolute Gasteiger partial charge is 0.134 e. The van der Waals surface area contributed by atoms with E-state index in [9.17, 15) is 0 Å². The van der Waals surface area contributed by atoms with Crippen LogP contribution in [0.15, 0.2) is 46.9 Å². The average molecular weight is 287 g/mol. The molecule has 1 aromatic carbocycles. The Balaban J connectivity index is 1.85. The Labute approximate surface area is 127 Å². The lowest BCUT2D eigenvalue weighted by atomic mass is 10.1. The van der Waals surface area contributed by atoms with Gasteiger partial charge in [0.2, 0.25) is 0 Å². The van der Waals surface area contributed by atoms with Crippen LogP contribution in [0.5, 0.6) is 0 Å². The molecule has 2 unspecified atom stereocenters. The first-order chi connectivity index (χ1) is 10.2. The predicted octanol–water partition coefficient (Wildman–Crippen LogP) is 4.02. The molecule has 0 saturated heterocycles. The molecule has 2 rings (SSSR count). The van der Waals surface area contributed by atoms with Gasteiger partial charge in [-0.25, -0.2) is 0 Å². The standard InChI is InChI=1S/C18H25NO2/c1-3-16(19)18(17-12-11-14(2)21-17)20-13-7-10-15-8-5-4-6-9-15/h4-6,8-9,11-12,16,18H,3,7,10,13,19H2,1-2H3. The van der Waals surface area contributed by atoms with Crippen molar-refractivity contribution >= 4 is 0 Å². The third-order valence-electron chi connectivity index (χ3n) is 3.65. The van der Waals surface area contributed by atoms with Crippen LogP contribution >= 0.6 is 0 Å². The van der Waals surface area contributed by atoms with Gasteiger partial charge in [-0.1, -0.05) is 37.3 Å². The number of hydrogen-bond donors (Lipinski definition) is 1. The van der Waals surface area contributed by atoms with Gasteiger partial charge < -0.3 is 14.9 Å². The minimum atomic E-state index is -0.153. The fourth-order valence-corrected chi connectivity index (χ4v) is 2.37. The summed E-state index contributed by atoms with van der Waals surface area (Å²) >= 11 is 0. The van der Waals surface area contributed by atoms with Crippen LogP contribution in [0.25, 0.3) is 0 Å². The normalized spacial score (nSPS) is 14.0. The zero-order valence-electron chi connectivity index (χ0n) is 12.9. The van der Waals surface area contributed by atoms with E-state index in [1.165, 1.54) is 5.56 Å². The topological polar surface area (TPSA) is 48.4 Å². The lowest BCUT2D eigenvalue weighted by Crippen LogP contribution is -2.29. The minimum absolute atomic E-state index is 0.0349. The summed E-state index contributed by atoms with van der Waals surface area (Å²) in [5, 5.41) is 0. The largest absolute Gasteiger partial charge is 0.464 e. The maximum atomic E-state index is 6.17. The van der Waals surface area contributed by atoms with E-state index in [0.717, 1.165) is 30.8 Å². The van der Waals surface area contributed by atoms with Gasteiger partial charge in [0.1, 0.15) is 17.6 Å². The molecule has 0 bridgehead atoms. The van der Waals surface area contributed by atoms with E-state index >= 15 is 0 Å². The zero-order valence-corrected chi connectivity index (χ0v) is 12.9. The van der Waals surface area contributed by atoms with Crippen molar-refractivity contribution in [2.75, 3.05) is 6.61 Å². The summed E-state index contributed by atoms with van der Waals surface area (Å²) in [6, 6.07) is 14.3. The molecule has 0 fully saturated rings. The molecular weight excluding hydrogens is 262 g/mol. The molecule has 0 radical (unpaired) electrons. The minimum Gasteiger partial charge on any atom is -0.464 e. The highest BCUT2D eigenvalue weighted by atomic mass is 16.5. The van der Waals surface area contributed by atoms with E-state index in [2.05, 4.69) is 31.2 Å². The monoisotopic (exact) mass is 287 g/mol. The molecule has 0 amide bonds. The molecule has 0 aliphatic heterocycles. The summed E-state index contributed by atoms with van der Waals surface area (Å²) < 4.78 is 11.7. The van der Waals surface area contributed by atoms with Gasteiger partial charge in [0.15, 0.2) is 0 Å². The van der Waals surface area contributed by atoms with Crippen molar-refractivity contribution in [1.29, 1.82) is 0 Å². The molecule has 1 heterocycles. The van der Waals surface area contributed by atoms with Crippen LogP contribution < -0.4 is 5.73 Å². The molecule has 3 nitrogen and oxygen atoms in total. The first-order valence-electron chi connectivity index (χ1n) is 7.68. The Morgan fingerprint density at radius 3 is 2.52 bits per heavy atom. The molecule has 1 aromatic heterocycles. The number of furan rings is 1. The van der Waals surface area contributed by atoms with Crippen molar-refractivity contribution in [2.45, 2.75) is 45.3 Å². The average Bonchev–Trinajstić information content (AvgIpc) is 2.94. The van der Waals surface area contributed by atoms with E-state index < -0.39 is 0 Å². The van der Waals surface area contributed by atoms with Crippen LogP contribution in [0.4, 0.5) is 0 Å². The van der Waals surface area contributed by atoms with E-state index in [1.54, 1.807) is 0 Å². The molecule has 21 heavy (non-hydrogen) atoms. The third-order valence-corrected chi connectivity index (χ3v) is 3.65. The van der Waals surface area contributed by atoms with Crippen molar-refractivity contribution in [3.05, 3.63) is 59.5 Å². The van der Waals surface area contributed by atoms with E-state index in [1.807, 2.05) is 25.1 Å². The summed E-state index contributed by atoms with van der Waals surface area (Å²) in [4.78, 5) is 0. The highest BCUT2D eigenvalue weighted by Gasteiger charge is 2.22. The molecule has 3 heteroatoms. The van der Waals surface area contributed by atoms with Gasteiger partial charge in [0.05, 0.1) is 0 Å². The van der Waals surface area contributed by atoms with Gasteiger partial charge in [-0.2, -0.15) is 0 Å². The molecule has 0 aliphatic carbocycles. The number of ether oxygens (including phenoxy) is 1. The molecule has 2 atom stereocenters. The Hall–Kier alpha value is -1.58. The summed E-state index contributed by atoms with van der Waals surface area (Å²) in [7, 11) is 0. The van der Waals surface area contributed by atoms with Crippen LogP contribution in [0.1, 0.15) is 43.0 Å². The third kappa shape index (κ3) is 4.73.